The number of phenols is 2. The summed E-state index contributed by atoms with van der Waals surface area (Å²) >= 11 is 0. The quantitative estimate of drug-likeness (QED) is 0.0593. The number of carbonyl (C=O) groups excluding carboxylic acids is 2. The summed E-state index contributed by atoms with van der Waals surface area (Å²) in [5.74, 6) is -3.94. The van der Waals surface area contributed by atoms with Crippen molar-refractivity contribution in [2.24, 2.45) is 0 Å². The molecule has 0 saturated heterocycles. The molecule has 0 fully saturated rings. The molecule has 0 amide bonds. The zero-order valence-corrected chi connectivity index (χ0v) is 26.1. The Kier molecular flexibility index (Phi) is 9.76. The van der Waals surface area contributed by atoms with Crippen molar-refractivity contribution in [2.75, 3.05) is 7.11 Å². The zero-order valence-electron chi connectivity index (χ0n) is 26.1. The van der Waals surface area contributed by atoms with Gasteiger partial charge in [-0.3, -0.25) is 14.8 Å². The van der Waals surface area contributed by atoms with Gasteiger partial charge in [0.2, 0.25) is 11.5 Å². The average Bonchev–Trinajstić information content (AvgIpc) is 3.69. The molecule has 0 radical (unpaired) electrons. The number of rotatable bonds is 8. The van der Waals surface area contributed by atoms with Crippen LogP contribution in [0.25, 0.3) is 39.2 Å². The number of hydrogen-bond donors (Lipinski definition) is 5. The van der Waals surface area contributed by atoms with Crippen molar-refractivity contribution in [3.63, 3.8) is 0 Å². The van der Waals surface area contributed by atoms with E-state index in [2.05, 4.69) is 14.8 Å². The Bertz CT molecular complexity index is 2640. The second kappa shape index (κ2) is 14.5. The molecule has 2 aromatic heterocycles. The van der Waals surface area contributed by atoms with E-state index in [0.717, 1.165) is 12.1 Å². The maximum Gasteiger partial charge on any atom is 0.417 e. The summed E-state index contributed by atoms with van der Waals surface area (Å²) in [6.07, 6.45) is 2.62. The predicted octanol–water partition coefficient (Wildman–Crippen LogP) is 5.29. The van der Waals surface area contributed by atoms with Crippen LogP contribution in [-0.2, 0) is 0 Å². The number of aromatic hydroxyl groups is 2. The molecule has 0 aliphatic carbocycles. The minimum absolute atomic E-state index is 0.0373. The molecule has 15 nitrogen and oxygen atoms in total. The fourth-order valence-corrected chi connectivity index (χ4v) is 4.71. The van der Waals surface area contributed by atoms with E-state index < -0.39 is 34.8 Å². The number of nitrogens with one attached hydrogen (secondary N) is 2. The van der Waals surface area contributed by atoms with Crippen LogP contribution in [0.3, 0.4) is 0 Å². The number of ketones is 2. The number of carbonyl (C=O) groups is 3. The Morgan fingerprint density at radius 2 is 1.35 bits per heavy atom. The fourth-order valence-electron chi connectivity index (χ4n) is 4.71. The fraction of sp³-hybridized carbons (Fsp3) is 0.0278. The number of H-pyrrole nitrogens is 2. The Hall–Kier alpha value is -7.91. The first-order valence-corrected chi connectivity index (χ1v) is 14.4. The van der Waals surface area contributed by atoms with Crippen molar-refractivity contribution in [2.45, 2.75) is 0 Å². The molecular formula is C36H22N4O11. The van der Waals surface area contributed by atoms with Gasteiger partial charge in [0.25, 0.3) is 0 Å². The van der Waals surface area contributed by atoms with Gasteiger partial charge >= 0.3 is 17.5 Å². The van der Waals surface area contributed by atoms with E-state index in [1.165, 1.54) is 73.9 Å². The van der Waals surface area contributed by atoms with E-state index in [9.17, 15) is 39.4 Å². The van der Waals surface area contributed by atoms with Crippen molar-refractivity contribution >= 4 is 51.9 Å². The minimum Gasteiger partial charge on any atom is -0.507 e. The number of nitrogens with zero attached hydrogens (tertiary/aromatic N) is 2. The van der Waals surface area contributed by atoms with Gasteiger partial charge in [-0.2, -0.15) is 5.26 Å². The van der Waals surface area contributed by atoms with E-state index in [4.69, 9.17) is 25.2 Å². The van der Waals surface area contributed by atoms with E-state index in [-0.39, 0.29) is 50.6 Å². The van der Waals surface area contributed by atoms with Gasteiger partial charge in [-0.25, -0.2) is 19.2 Å². The topological polar surface area (TPSA) is 241 Å². The summed E-state index contributed by atoms with van der Waals surface area (Å²) in [7, 11) is 1.41. The van der Waals surface area contributed by atoms with Gasteiger partial charge in [0.1, 0.15) is 23.0 Å². The van der Waals surface area contributed by atoms with Gasteiger partial charge in [0.15, 0.2) is 28.4 Å². The number of Topliss-reactive ketones (excluding diaryl/α,β-unsaturated/α-hetero) is 2. The second-order valence-corrected chi connectivity index (χ2v) is 10.4. The number of fused-ring (bicyclic) bond motifs is 2. The first kappa shape index (κ1) is 34.4. The molecule has 0 unspecified atom stereocenters. The van der Waals surface area contributed by atoms with Crippen molar-refractivity contribution < 1.29 is 43.3 Å². The summed E-state index contributed by atoms with van der Waals surface area (Å²) < 4.78 is 14.7. The third kappa shape index (κ3) is 7.64. The first-order valence-electron chi connectivity index (χ1n) is 14.4. The number of carboxylic acid groups (broad SMARTS) is 1. The number of aromatic amines is 2. The molecular weight excluding hydrogens is 664 g/mol. The normalized spacial score (nSPS) is 11.3. The maximum atomic E-state index is 12.6. The van der Waals surface area contributed by atoms with Crippen LogP contribution in [0.5, 0.6) is 17.2 Å². The summed E-state index contributed by atoms with van der Waals surface area (Å²) in [4.78, 5) is 66.7. The molecule has 0 saturated carbocycles. The van der Waals surface area contributed by atoms with Gasteiger partial charge in [-0.05, 0) is 83.9 Å². The Morgan fingerprint density at radius 3 is 1.88 bits per heavy atom. The van der Waals surface area contributed by atoms with Gasteiger partial charge in [-0.1, -0.05) is 12.1 Å². The number of nitriles is 1. The number of allylic oxidation sites excluding steroid dienone is 2. The van der Waals surface area contributed by atoms with Gasteiger partial charge in [-0.15, -0.1) is 0 Å². The SMILES string of the molecule is N#C/C(=C\c1ccc(O)c(C(=O)O)c1)C(=O)c1ccc2oc(=O)[nH]c2c1.[C-]#[N+]/C(=C\c1ccc(O)c(OC)c1)C(=O)c1ccc2oc(=O)[nH]c2c1. The van der Waals surface area contributed by atoms with E-state index >= 15 is 0 Å². The van der Waals surface area contributed by atoms with Crippen molar-refractivity contribution in [3.8, 4) is 23.3 Å². The highest BCUT2D eigenvalue weighted by atomic mass is 16.5. The van der Waals surface area contributed by atoms with E-state index in [1.807, 2.05) is 0 Å². The highest BCUT2D eigenvalue weighted by molar-refractivity contribution is 6.15. The molecule has 2 heterocycles. The van der Waals surface area contributed by atoms with Crippen LogP contribution < -0.4 is 16.2 Å². The van der Waals surface area contributed by atoms with Gasteiger partial charge in [0.05, 0.1) is 24.7 Å². The lowest BCUT2D eigenvalue weighted by molar-refractivity contribution is 0.0693. The number of ether oxygens (including phenoxy) is 1. The van der Waals surface area contributed by atoms with Crippen LogP contribution in [0.1, 0.15) is 42.2 Å². The number of phenolic OH excluding ortho intramolecular Hbond substituents is 1. The first-order chi connectivity index (χ1) is 24.4. The van der Waals surface area contributed by atoms with Crippen LogP contribution in [0.2, 0.25) is 0 Å². The number of hydrogen-bond acceptors (Lipinski definition) is 11. The highest BCUT2D eigenvalue weighted by Gasteiger charge is 2.17. The smallest absolute Gasteiger partial charge is 0.417 e. The largest absolute Gasteiger partial charge is 0.507 e. The Balaban J connectivity index is 0.000000198. The molecule has 0 aliphatic heterocycles. The molecule has 5 N–H and O–H groups in total. The minimum atomic E-state index is -1.34. The summed E-state index contributed by atoms with van der Waals surface area (Å²) in [6, 6.07) is 18.6. The number of carboxylic acids is 1. The van der Waals surface area contributed by atoms with Crippen LogP contribution in [0, 0.1) is 17.9 Å². The van der Waals surface area contributed by atoms with Crippen LogP contribution in [-0.4, -0.2) is 49.9 Å². The third-order valence-corrected chi connectivity index (χ3v) is 7.15. The standard InChI is InChI=1S/C18H10N2O6.C18H12N2O5/c19-8-11(5-9-1-3-14(21)12(6-9)17(23)24)16(22)10-2-4-15-13(7-10)20-18(25)26-15;1-19-13(7-10-3-5-14(21)16(8-10)24-2)17(22)11-4-6-15-12(9-11)20-18(23)25-15/h1-7,21H,(H,20,25)(H,23,24);3-9,21H,2H3,(H,20,23)/b11-5+;13-7-. The molecule has 6 rings (SSSR count). The molecule has 15 heteroatoms. The number of oxazole rings is 2. The van der Waals surface area contributed by atoms with Crippen LogP contribution in [0.15, 0.2) is 102 Å². The Morgan fingerprint density at radius 1 is 0.804 bits per heavy atom. The van der Waals surface area contributed by atoms with Crippen LogP contribution >= 0.6 is 0 Å². The average molecular weight is 687 g/mol. The lowest BCUT2D eigenvalue weighted by atomic mass is 10.0. The van der Waals surface area contributed by atoms with E-state index in [1.54, 1.807) is 12.1 Å². The molecule has 252 valence electrons. The predicted molar refractivity (Wildman–Crippen MR) is 180 cm³/mol. The highest BCUT2D eigenvalue weighted by Crippen LogP contribution is 2.28. The van der Waals surface area contributed by atoms with Crippen LogP contribution in [0.4, 0.5) is 0 Å². The van der Waals surface area contributed by atoms with Crippen molar-refractivity contribution in [3.05, 3.63) is 144 Å². The molecule has 51 heavy (non-hydrogen) atoms. The zero-order chi connectivity index (χ0) is 36.8. The third-order valence-electron chi connectivity index (χ3n) is 7.15. The summed E-state index contributed by atoms with van der Waals surface area (Å²) in [6.45, 7) is 7.28. The lowest BCUT2D eigenvalue weighted by Crippen LogP contribution is -2.02. The van der Waals surface area contributed by atoms with E-state index in [0.29, 0.717) is 22.2 Å². The van der Waals surface area contributed by atoms with Crippen molar-refractivity contribution in [1.29, 1.82) is 5.26 Å². The molecule has 0 atom stereocenters. The number of aromatic nitrogens is 2. The lowest BCUT2D eigenvalue weighted by Gasteiger charge is -2.05. The number of benzene rings is 4. The molecule has 0 spiro atoms. The van der Waals surface area contributed by atoms with Crippen molar-refractivity contribution in [1.82, 2.24) is 9.97 Å². The second-order valence-electron chi connectivity index (χ2n) is 10.4. The summed E-state index contributed by atoms with van der Waals surface area (Å²) in [5, 5.41) is 37.4. The summed E-state index contributed by atoms with van der Waals surface area (Å²) in [5.41, 5.74) is 1.81. The number of methoxy groups -OCH3 is 1. The monoisotopic (exact) mass is 686 g/mol. The molecule has 4 aromatic carbocycles. The number of aromatic carboxylic acids is 1. The molecule has 0 aliphatic rings. The van der Waals surface area contributed by atoms with Gasteiger partial charge < -0.3 is 33.7 Å². The maximum absolute atomic E-state index is 12.6. The Labute approximate surface area is 285 Å². The molecule has 6 aromatic rings. The van der Waals surface area contributed by atoms with Gasteiger partial charge in [0, 0.05) is 11.1 Å². The molecule has 0 bridgehead atoms.